The molecule has 7 nitrogen and oxygen atoms in total. The van der Waals surface area contributed by atoms with Gasteiger partial charge in [-0.2, -0.15) is 0 Å². The number of rotatable bonds is 7. The van der Waals surface area contributed by atoms with Gasteiger partial charge in [0.05, 0.1) is 4.90 Å². The fraction of sp³-hybridized carbons (Fsp3) is 0.611. The summed E-state index contributed by atoms with van der Waals surface area (Å²) in [6, 6.07) is 7.58. The molecule has 1 aromatic rings. The monoisotopic (exact) mass is 509 g/mol. The Morgan fingerprint density at radius 2 is 2.00 bits per heavy atom. The first-order valence-corrected chi connectivity index (χ1v) is 10.5. The minimum atomic E-state index is -3.47. The number of hydrogen-bond acceptors (Lipinski definition) is 4. The predicted molar refractivity (Wildman–Crippen MR) is 121 cm³/mol. The zero-order chi connectivity index (χ0) is 19.2. The largest absolute Gasteiger partial charge is 0.355 e. The first kappa shape index (κ1) is 24.1. The third-order valence-corrected chi connectivity index (χ3v) is 6.73. The van der Waals surface area contributed by atoms with E-state index in [0.29, 0.717) is 23.4 Å². The quantitative estimate of drug-likeness (QED) is 0.333. The van der Waals surface area contributed by atoms with Crippen LogP contribution in [0.1, 0.15) is 25.3 Å². The highest BCUT2D eigenvalue weighted by atomic mass is 127. The summed E-state index contributed by atoms with van der Waals surface area (Å²) in [6.45, 7) is 5.64. The van der Waals surface area contributed by atoms with Crippen LogP contribution in [0.25, 0.3) is 0 Å². The number of guanidine groups is 1. The number of hydrogen-bond donors (Lipinski definition) is 2. The minimum absolute atomic E-state index is 0. The van der Waals surface area contributed by atoms with Gasteiger partial charge in [0.1, 0.15) is 0 Å². The molecule has 2 N–H and O–H groups in total. The van der Waals surface area contributed by atoms with Gasteiger partial charge in [0.25, 0.3) is 0 Å². The predicted octanol–water partition coefficient (Wildman–Crippen LogP) is 1.70. The van der Waals surface area contributed by atoms with Crippen molar-refractivity contribution in [2.75, 3.05) is 40.8 Å². The lowest BCUT2D eigenvalue weighted by atomic mass is 10.2. The Bertz CT molecular complexity index is 724. The van der Waals surface area contributed by atoms with Gasteiger partial charge in [-0.3, -0.25) is 9.89 Å². The van der Waals surface area contributed by atoms with E-state index in [9.17, 15) is 8.42 Å². The second-order valence-electron chi connectivity index (χ2n) is 6.63. The molecule has 1 aliphatic heterocycles. The van der Waals surface area contributed by atoms with Gasteiger partial charge in [0, 0.05) is 40.3 Å². The topological polar surface area (TPSA) is 77.0 Å². The Morgan fingerprint density at radius 3 is 2.63 bits per heavy atom. The van der Waals surface area contributed by atoms with E-state index in [-0.39, 0.29) is 24.0 Å². The molecule has 1 aliphatic rings. The lowest BCUT2D eigenvalue weighted by molar-refractivity contribution is 0.267. The van der Waals surface area contributed by atoms with E-state index >= 15 is 0 Å². The smallest absolute Gasteiger partial charge is 0.242 e. The van der Waals surface area contributed by atoms with Gasteiger partial charge in [-0.25, -0.2) is 12.7 Å². The molecule has 0 bridgehead atoms. The maximum Gasteiger partial charge on any atom is 0.242 e. The van der Waals surface area contributed by atoms with E-state index in [1.807, 2.05) is 12.1 Å². The molecule has 0 amide bonds. The van der Waals surface area contributed by atoms with Gasteiger partial charge in [-0.1, -0.05) is 25.1 Å². The van der Waals surface area contributed by atoms with E-state index in [1.54, 1.807) is 33.3 Å². The number of likely N-dealkylation sites (N-methyl/N-ethyl adjacent to an activating group) is 1. The summed E-state index contributed by atoms with van der Waals surface area (Å²) in [6.07, 6.45) is 2.43. The number of likely N-dealkylation sites (tertiary alicyclic amines) is 1. The van der Waals surface area contributed by atoms with Crippen LogP contribution in [0.5, 0.6) is 0 Å². The maximum absolute atomic E-state index is 12.5. The highest BCUT2D eigenvalue weighted by Gasteiger charge is 2.23. The normalized spacial score (nSPS) is 18.4. The molecular formula is C18H32IN5O2S. The van der Waals surface area contributed by atoms with Gasteiger partial charge in [-0.15, -0.1) is 24.0 Å². The van der Waals surface area contributed by atoms with Crippen LogP contribution in [0.3, 0.4) is 0 Å². The Kier molecular flexibility index (Phi) is 9.99. The van der Waals surface area contributed by atoms with Gasteiger partial charge in [0.15, 0.2) is 5.96 Å². The molecule has 1 aromatic carbocycles. The Hall–Kier alpha value is -0.910. The van der Waals surface area contributed by atoms with Crippen LogP contribution in [-0.4, -0.2) is 70.4 Å². The van der Waals surface area contributed by atoms with Crippen molar-refractivity contribution >= 4 is 40.0 Å². The number of benzene rings is 1. The number of nitrogens with one attached hydrogen (secondary N) is 2. The van der Waals surface area contributed by atoms with Gasteiger partial charge in [-0.05, 0) is 37.6 Å². The molecular weight excluding hydrogens is 477 g/mol. The molecule has 1 fully saturated rings. The van der Waals surface area contributed by atoms with E-state index in [0.717, 1.165) is 25.2 Å². The molecule has 1 heterocycles. The zero-order valence-electron chi connectivity index (χ0n) is 16.6. The van der Waals surface area contributed by atoms with Crippen molar-refractivity contribution in [3.8, 4) is 0 Å². The van der Waals surface area contributed by atoms with Crippen LogP contribution in [0.4, 0.5) is 0 Å². The van der Waals surface area contributed by atoms with Crippen LogP contribution >= 0.6 is 24.0 Å². The molecule has 0 aliphatic carbocycles. The molecule has 2 rings (SSSR count). The molecule has 154 valence electrons. The molecule has 9 heteroatoms. The minimum Gasteiger partial charge on any atom is -0.355 e. The van der Waals surface area contributed by atoms with E-state index < -0.39 is 10.0 Å². The molecule has 0 aromatic heterocycles. The standard InChI is InChI=1S/C18H31N5O2S.HI/c1-5-23-12-8-10-16(23)14-21-18(19-2)20-13-15-9-6-7-11-17(15)26(24,25)22(3)4;/h6-7,9,11,16H,5,8,10,12-14H2,1-4H3,(H2,19,20,21);1H. The second kappa shape index (κ2) is 11.2. The first-order chi connectivity index (χ1) is 12.4. The summed E-state index contributed by atoms with van der Waals surface area (Å²) in [5, 5.41) is 6.60. The third kappa shape index (κ3) is 6.30. The molecule has 0 spiro atoms. The van der Waals surface area contributed by atoms with Crippen LogP contribution < -0.4 is 10.6 Å². The van der Waals surface area contributed by atoms with Crippen molar-refractivity contribution in [3.63, 3.8) is 0 Å². The third-order valence-electron chi connectivity index (χ3n) is 4.81. The average Bonchev–Trinajstić information content (AvgIpc) is 3.09. The number of aliphatic imine (C=N–C) groups is 1. The molecule has 0 saturated carbocycles. The van der Waals surface area contributed by atoms with E-state index in [2.05, 4.69) is 27.4 Å². The summed E-state index contributed by atoms with van der Waals surface area (Å²) in [5.74, 6) is 0.685. The highest BCUT2D eigenvalue weighted by molar-refractivity contribution is 14.0. The molecule has 1 saturated heterocycles. The van der Waals surface area contributed by atoms with Crippen LogP contribution in [0, 0.1) is 0 Å². The van der Waals surface area contributed by atoms with Crippen LogP contribution in [0.15, 0.2) is 34.2 Å². The maximum atomic E-state index is 12.5. The van der Waals surface area contributed by atoms with Crippen LogP contribution in [0.2, 0.25) is 0 Å². The van der Waals surface area contributed by atoms with Gasteiger partial charge < -0.3 is 10.6 Å². The van der Waals surface area contributed by atoms with Gasteiger partial charge in [0.2, 0.25) is 10.0 Å². The Balaban J connectivity index is 0.00000364. The van der Waals surface area contributed by atoms with Gasteiger partial charge >= 0.3 is 0 Å². The number of sulfonamides is 1. The summed E-state index contributed by atoms with van der Waals surface area (Å²) >= 11 is 0. The average molecular weight is 509 g/mol. The summed E-state index contributed by atoms with van der Waals surface area (Å²) in [5.41, 5.74) is 0.722. The van der Waals surface area contributed by atoms with Crippen molar-refractivity contribution in [1.82, 2.24) is 19.8 Å². The van der Waals surface area contributed by atoms with E-state index in [1.165, 1.54) is 17.1 Å². The van der Waals surface area contributed by atoms with Crippen molar-refractivity contribution in [3.05, 3.63) is 29.8 Å². The van der Waals surface area contributed by atoms with Crippen molar-refractivity contribution < 1.29 is 8.42 Å². The fourth-order valence-electron chi connectivity index (χ4n) is 3.25. The SMILES string of the molecule is CCN1CCCC1CNC(=NC)NCc1ccccc1S(=O)(=O)N(C)C.I. The Labute approximate surface area is 180 Å². The lowest BCUT2D eigenvalue weighted by Gasteiger charge is -2.24. The fourth-order valence-corrected chi connectivity index (χ4v) is 4.37. The number of nitrogens with zero attached hydrogens (tertiary/aromatic N) is 3. The molecule has 1 atom stereocenters. The molecule has 1 unspecified atom stereocenters. The van der Waals surface area contributed by atoms with Crippen molar-refractivity contribution in [2.45, 2.75) is 37.2 Å². The molecule has 27 heavy (non-hydrogen) atoms. The first-order valence-electron chi connectivity index (χ1n) is 9.09. The van der Waals surface area contributed by atoms with E-state index in [4.69, 9.17) is 0 Å². The Morgan fingerprint density at radius 1 is 1.30 bits per heavy atom. The number of halogens is 1. The van der Waals surface area contributed by atoms with Crippen LogP contribution in [-0.2, 0) is 16.6 Å². The highest BCUT2D eigenvalue weighted by Crippen LogP contribution is 2.18. The molecule has 0 radical (unpaired) electrons. The van der Waals surface area contributed by atoms with Crippen molar-refractivity contribution in [2.24, 2.45) is 4.99 Å². The summed E-state index contributed by atoms with van der Waals surface area (Å²) in [7, 11) is 1.34. The second-order valence-corrected chi connectivity index (χ2v) is 8.75. The lowest BCUT2D eigenvalue weighted by Crippen LogP contribution is -2.44. The zero-order valence-corrected chi connectivity index (χ0v) is 19.8. The summed E-state index contributed by atoms with van der Waals surface area (Å²) in [4.78, 5) is 7.05. The summed E-state index contributed by atoms with van der Waals surface area (Å²) < 4.78 is 26.2. The van der Waals surface area contributed by atoms with Crippen molar-refractivity contribution in [1.29, 1.82) is 0 Å².